The van der Waals surface area contributed by atoms with E-state index in [0.29, 0.717) is 0 Å². The molecule has 0 aliphatic carbocycles. The van der Waals surface area contributed by atoms with Gasteiger partial charge >= 0.3 is 0 Å². The third-order valence-electron chi connectivity index (χ3n) is 1.65. The molecule has 3 nitrogen and oxygen atoms in total. The van der Waals surface area contributed by atoms with Gasteiger partial charge in [-0.15, -0.1) is 0 Å². The topological polar surface area (TPSA) is 57.9 Å². The standard InChI is InChI=1S/C8H5ClFNO2S/c1-5-2-6(14(9,12)13)3-8(10)7(5)4-11/h2-3H,1H3. The Bertz CT molecular complexity index is 496. The Kier molecular flexibility index (Phi) is 2.79. The quantitative estimate of drug-likeness (QED) is 0.697. The summed E-state index contributed by atoms with van der Waals surface area (Å²) in [6.07, 6.45) is 0. The van der Waals surface area contributed by atoms with Gasteiger partial charge in [0.25, 0.3) is 9.05 Å². The minimum absolute atomic E-state index is 0.172. The molecule has 6 heteroatoms. The lowest BCUT2D eigenvalue weighted by atomic mass is 10.1. The molecule has 0 fully saturated rings. The van der Waals surface area contributed by atoms with E-state index >= 15 is 0 Å². The molecule has 0 radical (unpaired) electrons. The zero-order valence-corrected chi connectivity index (χ0v) is 8.66. The summed E-state index contributed by atoms with van der Waals surface area (Å²) in [5, 5.41) is 8.52. The summed E-state index contributed by atoms with van der Waals surface area (Å²) in [7, 11) is 1.07. The maximum absolute atomic E-state index is 13.1. The van der Waals surface area contributed by atoms with Crippen molar-refractivity contribution < 1.29 is 12.8 Å². The van der Waals surface area contributed by atoms with Gasteiger partial charge in [-0.25, -0.2) is 12.8 Å². The molecule has 0 aliphatic rings. The summed E-state index contributed by atoms with van der Waals surface area (Å²) in [6.45, 7) is 1.44. The molecule has 1 aromatic rings. The van der Waals surface area contributed by atoms with E-state index in [4.69, 9.17) is 15.9 Å². The first-order valence-corrected chi connectivity index (χ1v) is 5.82. The van der Waals surface area contributed by atoms with Gasteiger partial charge in [-0.2, -0.15) is 5.26 Å². The minimum atomic E-state index is -3.95. The monoisotopic (exact) mass is 233 g/mol. The van der Waals surface area contributed by atoms with Gasteiger partial charge in [-0.3, -0.25) is 0 Å². The minimum Gasteiger partial charge on any atom is -0.207 e. The molecule has 0 heterocycles. The highest BCUT2D eigenvalue weighted by atomic mass is 35.7. The van der Waals surface area contributed by atoms with Crippen molar-refractivity contribution in [3.8, 4) is 6.07 Å². The molecule has 0 amide bonds. The number of rotatable bonds is 1. The van der Waals surface area contributed by atoms with Gasteiger partial charge in [0.1, 0.15) is 11.9 Å². The molecule has 0 spiro atoms. The SMILES string of the molecule is Cc1cc(S(=O)(=O)Cl)cc(F)c1C#N. The summed E-state index contributed by atoms with van der Waals surface area (Å²) >= 11 is 0. The second kappa shape index (κ2) is 3.56. The zero-order valence-electron chi connectivity index (χ0n) is 7.08. The van der Waals surface area contributed by atoms with Gasteiger partial charge < -0.3 is 0 Å². The normalized spacial score (nSPS) is 11.0. The second-order valence-corrected chi connectivity index (χ2v) is 5.21. The predicted octanol–water partition coefficient (Wildman–Crippen LogP) is 1.93. The molecule has 0 atom stereocenters. The van der Waals surface area contributed by atoms with Crippen molar-refractivity contribution in [3.63, 3.8) is 0 Å². The van der Waals surface area contributed by atoms with Crippen LogP contribution in [0.2, 0.25) is 0 Å². The van der Waals surface area contributed by atoms with Crippen molar-refractivity contribution in [1.29, 1.82) is 5.26 Å². The Morgan fingerprint density at radius 2 is 2.07 bits per heavy atom. The first-order valence-electron chi connectivity index (χ1n) is 3.51. The van der Waals surface area contributed by atoms with Crippen LogP contribution in [0.15, 0.2) is 17.0 Å². The van der Waals surface area contributed by atoms with Crippen LogP contribution < -0.4 is 0 Å². The number of benzene rings is 1. The molecule has 0 saturated heterocycles. The molecule has 0 bridgehead atoms. The molecule has 0 aliphatic heterocycles. The maximum Gasteiger partial charge on any atom is 0.261 e. The average Bonchev–Trinajstić information content (AvgIpc) is 2.01. The number of hydrogen-bond acceptors (Lipinski definition) is 3. The van der Waals surface area contributed by atoms with E-state index in [-0.39, 0.29) is 16.0 Å². The predicted molar refractivity (Wildman–Crippen MR) is 48.9 cm³/mol. The lowest BCUT2D eigenvalue weighted by Crippen LogP contribution is -1.96. The number of nitrogens with zero attached hydrogens (tertiary/aromatic N) is 1. The highest BCUT2D eigenvalue weighted by Gasteiger charge is 2.15. The fourth-order valence-corrected chi connectivity index (χ4v) is 1.82. The van der Waals surface area contributed by atoms with Gasteiger partial charge in [-0.1, -0.05) is 0 Å². The molecule has 1 rings (SSSR count). The van der Waals surface area contributed by atoms with Crippen molar-refractivity contribution in [2.45, 2.75) is 11.8 Å². The Labute approximate surface area is 85.2 Å². The third kappa shape index (κ3) is 2.03. The largest absolute Gasteiger partial charge is 0.261 e. The van der Waals surface area contributed by atoms with Crippen LogP contribution in [-0.4, -0.2) is 8.42 Å². The number of nitriles is 1. The van der Waals surface area contributed by atoms with E-state index in [9.17, 15) is 12.8 Å². The van der Waals surface area contributed by atoms with Crippen molar-refractivity contribution in [2.75, 3.05) is 0 Å². The van der Waals surface area contributed by atoms with Crippen LogP contribution in [0.25, 0.3) is 0 Å². The molecule has 74 valence electrons. The first-order chi connectivity index (χ1) is 6.36. The van der Waals surface area contributed by atoms with Crippen molar-refractivity contribution in [2.24, 2.45) is 0 Å². The van der Waals surface area contributed by atoms with Gasteiger partial charge in [0.2, 0.25) is 0 Å². The fourth-order valence-electron chi connectivity index (χ4n) is 0.995. The van der Waals surface area contributed by atoms with Crippen LogP contribution >= 0.6 is 10.7 Å². The Balaban J connectivity index is 3.53. The second-order valence-electron chi connectivity index (χ2n) is 2.65. The summed E-state index contributed by atoms with van der Waals surface area (Å²) < 4.78 is 34.8. The average molecular weight is 234 g/mol. The molecular formula is C8H5ClFNO2S. The van der Waals surface area contributed by atoms with Crippen LogP contribution in [0, 0.1) is 24.1 Å². The van der Waals surface area contributed by atoms with Gasteiger partial charge in [-0.05, 0) is 24.6 Å². The van der Waals surface area contributed by atoms with E-state index in [1.807, 2.05) is 0 Å². The lowest BCUT2D eigenvalue weighted by Gasteiger charge is -2.01. The lowest BCUT2D eigenvalue weighted by molar-refractivity contribution is 0.600. The van der Waals surface area contributed by atoms with Crippen molar-refractivity contribution >= 4 is 19.7 Å². The molecule has 0 N–H and O–H groups in total. The van der Waals surface area contributed by atoms with Gasteiger partial charge in [0.05, 0.1) is 10.5 Å². The molecule has 0 unspecified atom stereocenters. The molecular weight excluding hydrogens is 229 g/mol. The zero-order chi connectivity index (χ0) is 10.9. The van der Waals surface area contributed by atoms with E-state index in [2.05, 4.69) is 0 Å². The fraction of sp³-hybridized carbons (Fsp3) is 0.125. The molecule has 0 aromatic heterocycles. The van der Waals surface area contributed by atoms with E-state index in [0.717, 1.165) is 12.1 Å². The van der Waals surface area contributed by atoms with Gasteiger partial charge in [0, 0.05) is 10.7 Å². The summed E-state index contributed by atoms with van der Waals surface area (Å²) in [4.78, 5) is -0.340. The highest BCUT2D eigenvalue weighted by Crippen LogP contribution is 2.21. The molecule has 14 heavy (non-hydrogen) atoms. The van der Waals surface area contributed by atoms with Crippen LogP contribution in [-0.2, 0) is 9.05 Å². The summed E-state index contributed by atoms with van der Waals surface area (Å²) in [6, 6.07) is 3.52. The van der Waals surface area contributed by atoms with Gasteiger partial charge in [0.15, 0.2) is 0 Å². The van der Waals surface area contributed by atoms with Crippen LogP contribution in [0.5, 0.6) is 0 Å². The van der Waals surface area contributed by atoms with Crippen LogP contribution in [0.4, 0.5) is 4.39 Å². The van der Waals surface area contributed by atoms with Crippen LogP contribution in [0.3, 0.4) is 0 Å². The smallest absolute Gasteiger partial charge is 0.207 e. The Morgan fingerprint density at radius 1 is 1.50 bits per heavy atom. The van der Waals surface area contributed by atoms with Crippen molar-refractivity contribution in [1.82, 2.24) is 0 Å². The number of hydrogen-bond donors (Lipinski definition) is 0. The number of aryl methyl sites for hydroxylation is 1. The van der Waals surface area contributed by atoms with E-state index in [1.54, 1.807) is 6.07 Å². The van der Waals surface area contributed by atoms with Crippen molar-refractivity contribution in [3.05, 3.63) is 29.1 Å². The molecule has 0 saturated carbocycles. The Morgan fingerprint density at radius 3 is 2.43 bits per heavy atom. The highest BCUT2D eigenvalue weighted by molar-refractivity contribution is 8.13. The Hall–Kier alpha value is -1.12. The number of halogens is 2. The summed E-state index contributed by atoms with van der Waals surface area (Å²) in [5.41, 5.74) is 0.0702. The van der Waals surface area contributed by atoms with E-state index in [1.165, 1.54) is 6.92 Å². The van der Waals surface area contributed by atoms with Crippen LogP contribution in [0.1, 0.15) is 11.1 Å². The third-order valence-corrected chi connectivity index (χ3v) is 2.99. The maximum atomic E-state index is 13.1. The molecule has 1 aromatic carbocycles. The first kappa shape index (κ1) is 11.0. The summed E-state index contributed by atoms with van der Waals surface area (Å²) in [5.74, 6) is -0.883. The van der Waals surface area contributed by atoms with E-state index < -0.39 is 14.9 Å².